The summed E-state index contributed by atoms with van der Waals surface area (Å²) < 4.78 is 10.3. The SMILES string of the molecule is CC(=S)NCC1CN(c2ccc(-c3ncno3)c(Cl)c2)C(=O)O1. The van der Waals surface area contributed by atoms with E-state index in [1.165, 1.54) is 11.2 Å². The highest BCUT2D eigenvalue weighted by Crippen LogP contribution is 2.31. The van der Waals surface area contributed by atoms with Gasteiger partial charge in [0.05, 0.1) is 28.7 Å². The van der Waals surface area contributed by atoms with Crippen molar-refractivity contribution in [1.29, 1.82) is 0 Å². The molecule has 120 valence electrons. The zero-order valence-corrected chi connectivity index (χ0v) is 13.7. The fourth-order valence-electron chi connectivity index (χ4n) is 2.23. The zero-order valence-electron chi connectivity index (χ0n) is 12.2. The van der Waals surface area contributed by atoms with E-state index in [-0.39, 0.29) is 6.10 Å². The van der Waals surface area contributed by atoms with Gasteiger partial charge in [-0.25, -0.2) is 4.79 Å². The van der Waals surface area contributed by atoms with Crippen molar-refractivity contribution in [2.75, 3.05) is 18.0 Å². The van der Waals surface area contributed by atoms with Gasteiger partial charge in [0.2, 0.25) is 0 Å². The number of anilines is 1. The van der Waals surface area contributed by atoms with Gasteiger partial charge in [-0.1, -0.05) is 29.0 Å². The van der Waals surface area contributed by atoms with Crippen LogP contribution >= 0.6 is 23.8 Å². The number of benzene rings is 1. The van der Waals surface area contributed by atoms with E-state index in [0.717, 1.165) is 0 Å². The Morgan fingerprint density at radius 3 is 3.04 bits per heavy atom. The molecular formula is C14H13ClN4O3S. The highest BCUT2D eigenvalue weighted by molar-refractivity contribution is 7.80. The lowest BCUT2D eigenvalue weighted by Crippen LogP contribution is -2.32. The van der Waals surface area contributed by atoms with Crippen LogP contribution in [-0.4, -0.2) is 40.4 Å². The van der Waals surface area contributed by atoms with Crippen molar-refractivity contribution in [3.63, 3.8) is 0 Å². The summed E-state index contributed by atoms with van der Waals surface area (Å²) in [7, 11) is 0. The van der Waals surface area contributed by atoms with Gasteiger partial charge in [0.1, 0.15) is 6.10 Å². The van der Waals surface area contributed by atoms with Crippen molar-refractivity contribution in [2.24, 2.45) is 0 Å². The zero-order chi connectivity index (χ0) is 16.4. The molecule has 1 aromatic heterocycles. The fraction of sp³-hybridized carbons (Fsp3) is 0.286. The second-order valence-corrected chi connectivity index (χ2v) is 5.98. The molecule has 0 saturated carbocycles. The summed E-state index contributed by atoms with van der Waals surface area (Å²) >= 11 is 11.2. The molecule has 0 aliphatic carbocycles. The summed E-state index contributed by atoms with van der Waals surface area (Å²) in [5.74, 6) is 0.323. The van der Waals surface area contributed by atoms with Crippen LogP contribution in [0, 0.1) is 0 Å². The largest absolute Gasteiger partial charge is 0.442 e. The van der Waals surface area contributed by atoms with E-state index >= 15 is 0 Å². The molecule has 0 radical (unpaired) electrons. The number of rotatable bonds is 4. The molecule has 0 spiro atoms. The van der Waals surface area contributed by atoms with E-state index in [1.54, 1.807) is 25.1 Å². The highest BCUT2D eigenvalue weighted by atomic mass is 35.5. The van der Waals surface area contributed by atoms with Gasteiger partial charge in [-0.05, 0) is 25.1 Å². The van der Waals surface area contributed by atoms with Gasteiger partial charge >= 0.3 is 6.09 Å². The Kier molecular flexibility index (Phi) is 4.44. The maximum absolute atomic E-state index is 12.0. The molecule has 1 aliphatic heterocycles. The Morgan fingerprint density at radius 1 is 1.57 bits per heavy atom. The van der Waals surface area contributed by atoms with E-state index in [2.05, 4.69) is 15.5 Å². The van der Waals surface area contributed by atoms with Gasteiger partial charge in [0.15, 0.2) is 6.33 Å². The lowest BCUT2D eigenvalue weighted by Gasteiger charge is -2.14. The summed E-state index contributed by atoms with van der Waals surface area (Å²) in [6.45, 7) is 2.68. The van der Waals surface area contributed by atoms with Crippen molar-refractivity contribution in [3.05, 3.63) is 29.5 Å². The Hall–Kier alpha value is -2.19. The summed E-state index contributed by atoms with van der Waals surface area (Å²) in [6, 6.07) is 5.15. The minimum absolute atomic E-state index is 0.269. The minimum Gasteiger partial charge on any atom is -0.442 e. The number of carbonyl (C=O) groups is 1. The average Bonchev–Trinajstić information content (AvgIpc) is 3.14. The minimum atomic E-state index is -0.416. The average molecular weight is 353 g/mol. The molecule has 1 aliphatic rings. The smallest absolute Gasteiger partial charge is 0.414 e. The van der Waals surface area contributed by atoms with Gasteiger partial charge in [0, 0.05) is 5.69 Å². The van der Waals surface area contributed by atoms with Gasteiger partial charge in [-0.2, -0.15) is 4.98 Å². The first-order chi connectivity index (χ1) is 11.0. The number of cyclic esters (lactones) is 1. The summed E-state index contributed by atoms with van der Waals surface area (Å²) in [5, 5.41) is 6.96. The Bertz CT molecular complexity index is 738. The normalized spacial score (nSPS) is 17.2. The van der Waals surface area contributed by atoms with Crippen LogP contribution in [0.3, 0.4) is 0 Å². The van der Waals surface area contributed by atoms with Crippen molar-refractivity contribution >= 4 is 40.6 Å². The van der Waals surface area contributed by atoms with Crippen LogP contribution in [0.25, 0.3) is 11.5 Å². The molecule has 0 bridgehead atoms. The number of aromatic nitrogens is 2. The third kappa shape index (κ3) is 3.43. The van der Waals surface area contributed by atoms with Crippen molar-refractivity contribution in [1.82, 2.24) is 15.5 Å². The molecule has 1 unspecified atom stereocenters. The molecule has 1 amide bonds. The molecule has 9 heteroatoms. The number of hydrogen-bond acceptors (Lipinski definition) is 6. The molecule has 1 fully saturated rings. The number of nitrogens with zero attached hydrogens (tertiary/aromatic N) is 3. The van der Waals surface area contributed by atoms with Crippen LogP contribution in [0.5, 0.6) is 0 Å². The van der Waals surface area contributed by atoms with Gasteiger partial charge in [-0.3, -0.25) is 4.90 Å². The summed E-state index contributed by atoms with van der Waals surface area (Å²) in [5.41, 5.74) is 1.25. The van der Waals surface area contributed by atoms with Crippen LogP contribution < -0.4 is 10.2 Å². The summed E-state index contributed by atoms with van der Waals surface area (Å²) in [6.07, 6.45) is 0.614. The second kappa shape index (κ2) is 6.51. The molecule has 2 heterocycles. The second-order valence-electron chi connectivity index (χ2n) is 4.96. The monoisotopic (exact) mass is 352 g/mol. The molecule has 1 N–H and O–H groups in total. The molecule has 1 saturated heterocycles. The van der Waals surface area contributed by atoms with Crippen LogP contribution in [0.4, 0.5) is 10.5 Å². The van der Waals surface area contributed by atoms with Gasteiger partial charge < -0.3 is 14.6 Å². The molecule has 3 rings (SSSR count). The molecule has 1 aromatic carbocycles. The van der Waals surface area contributed by atoms with Gasteiger partial charge in [0.25, 0.3) is 5.89 Å². The Labute approximate surface area is 142 Å². The standard InChI is InChI=1S/C14H13ClN4O3S/c1-8(23)16-5-10-6-19(14(20)21-10)9-2-3-11(12(15)4-9)13-17-7-18-22-13/h2-4,7,10H,5-6H2,1H3,(H,16,23). The third-order valence-electron chi connectivity index (χ3n) is 3.31. The molecule has 23 heavy (non-hydrogen) atoms. The third-order valence-corrected chi connectivity index (χ3v) is 3.77. The van der Waals surface area contributed by atoms with Crippen LogP contribution in [0.15, 0.2) is 29.0 Å². The lowest BCUT2D eigenvalue weighted by atomic mass is 10.2. The van der Waals surface area contributed by atoms with E-state index in [4.69, 9.17) is 33.1 Å². The maximum Gasteiger partial charge on any atom is 0.414 e. The summed E-state index contributed by atoms with van der Waals surface area (Å²) in [4.78, 5) is 18.1. The van der Waals surface area contributed by atoms with E-state index in [0.29, 0.717) is 40.2 Å². The molecule has 2 aromatic rings. The quantitative estimate of drug-likeness (QED) is 0.847. The molecule has 7 nitrogen and oxygen atoms in total. The first-order valence-corrected chi connectivity index (χ1v) is 7.62. The van der Waals surface area contributed by atoms with E-state index < -0.39 is 6.09 Å². The predicted molar refractivity (Wildman–Crippen MR) is 88.6 cm³/mol. The Morgan fingerprint density at radius 2 is 2.39 bits per heavy atom. The van der Waals surface area contributed by atoms with Crippen molar-refractivity contribution in [2.45, 2.75) is 13.0 Å². The predicted octanol–water partition coefficient (Wildman–Crippen LogP) is 2.65. The van der Waals surface area contributed by atoms with Crippen molar-refractivity contribution < 1.29 is 14.1 Å². The van der Waals surface area contributed by atoms with Gasteiger partial charge in [-0.15, -0.1) is 0 Å². The lowest BCUT2D eigenvalue weighted by molar-refractivity contribution is 0.143. The van der Waals surface area contributed by atoms with Crippen LogP contribution in [0.2, 0.25) is 5.02 Å². The number of halogens is 1. The Balaban J connectivity index is 1.76. The molecule has 1 atom stereocenters. The first-order valence-electron chi connectivity index (χ1n) is 6.84. The van der Waals surface area contributed by atoms with Crippen LogP contribution in [0.1, 0.15) is 6.92 Å². The first kappa shape index (κ1) is 15.7. The number of amides is 1. The van der Waals surface area contributed by atoms with E-state index in [1.807, 2.05) is 0 Å². The fourth-order valence-corrected chi connectivity index (χ4v) is 2.57. The van der Waals surface area contributed by atoms with E-state index in [9.17, 15) is 4.79 Å². The topological polar surface area (TPSA) is 80.5 Å². The number of hydrogen-bond donors (Lipinski definition) is 1. The molecular weight excluding hydrogens is 340 g/mol. The maximum atomic E-state index is 12.0. The number of carbonyl (C=O) groups excluding carboxylic acids is 1. The highest BCUT2D eigenvalue weighted by Gasteiger charge is 2.32. The van der Waals surface area contributed by atoms with Crippen molar-refractivity contribution in [3.8, 4) is 11.5 Å². The number of ether oxygens (including phenoxy) is 1. The number of thiocarbonyl (C=S) groups is 1. The number of nitrogens with one attached hydrogen (secondary N) is 1. The van der Waals surface area contributed by atoms with Crippen LogP contribution in [-0.2, 0) is 4.74 Å².